The maximum absolute atomic E-state index is 12.0. The van der Waals surface area contributed by atoms with Gasteiger partial charge in [0.2, 0.25) is 11.7 Å². The molecule has 0 aromatic carbocycles. The number of carbonyl (C=O) groups is 1. The minimum atomic E-state index is -0.526. The molecule has 0 saturated carbocycles. The molecule has 2 heterocycles. The summed E-state index contributed by atoms with van der Waals surface area (Å²) in [5, 5.41) is 17.0. The number of nitrogens with zero attached hydrogens (tertiary/aromatic N) is 3. The van der Waals surface area contributed by atoms with E-state index in [4.69, 9.17) is 0 Å². The van der Waals surface area contributed by atoms with Crippen LogP contribution < -0.4 is 10.6 Å². The van der Waals surface area contributed by atoms with Crippen LogP contribution in [0.25, 0.3) is 0 Å². The fourth-order valence-corrected chi connectivity index (χ4v) is 2.64. The highest BCUT2D eigenvalue weighted by Crippen LogP contribution is 2.26. The SMILES string of the molecule is Cc1nc([N+](=O)[O-])cn1CCC(=O)NCC1(C)CCNCC1. The molecule has 1 saturated heterocycles. The number of aryl methyl sites for hydroxylation is 2. The lowest BCUT2D eigenvalue weighted by atomic mass is 9.81. The second-order valence-corrected chi connectivity index (χ2v) is 6.18. The van der Waals surface area contributed by atoms with Gasteiger partial charge in [0.15, 0.2) is 0 Å². The average molecular weight is 309 g/mol. The lowest BCUT2D eigenvalue weighted by Crippen LogP contribution is -2.43. The zero-order chi connectivity index (χ0) is 16.2. The van der Waals surface area contributed by atoms with Gasteiger partial charge in [-0.05, 0) is 41.3 Å². The second kappa shape index (κ2) is 6.87. The van der Waals surface area contributed by atoms with E-state index in [1.807, 2.05) is 0 Å². The number of nitro groups is 1. The third-order valence-electron chi connectivity index (χ3n) is 4.25. The van der Waals surface area contributed by atoms with Crippen LogP contribution in [0.4, 0.5) is 5.82 Å². The average Bonchev–Trinajstić information content (AvgIpc) is 2.85. The number of piperidine rings is 1. The number of rotatable bonds is 6. The Morgan fingerprint density at radius 1 is 1.55 bits per heavy atom. The van der Waals surface area contributed by atoms with Crippen molar-refractivity contribution in [1.29, 1.82) is 0 Å². The summed E-state index contributed by atoms with van der Waals surface area (Å²) in [4.78, 5) is 25.9. The van der Waals surface area contributed by atoms with Gasteiger partial charge in [-0.15, -0.1) is 0 Å². The van der Waals surface area contributed by atoms with Crippen LogP contribution in [0.5, 0.6) is 0 Å². The van der Waals surface area contributed by atoms with Crippen LogP contribution in [0.15, 0.2) is 6.20 Å². The Bertz CT molecular complexity index is 549. The van der Waals surface area contributed by atoms with Crippen LogP contribution in [0.2, 0.25) is 0 Å². The van der Waals surface area contributed by atoms with Crippen molar-refractivity contribution < 1.29 is 9.72 Å². The van der Waals surface area contributed by atoms with Gasteiger partial charge in [0.1, 0.15) is 6.20 Å². The first-order valence-corrected chi connectivity index (χ1v) is 7.55. The fourth-order valence-electron chi connectivity index (χ4n) is 2.64. The molecule has 0 atom stereocenters. The standard InChI is InChI=1S/C14H23N5O3/c1-11-17-12(19(21)22)9-18(11)8-3-13(20)16-10-14(2)4-6-15-7-5-14/h9,15H,3-8,10H2,1-2H3,(H,16,20). The topological polar surface area (TPSA) is 102 Å². The van der Waals surface area contributed by atoms with Crippen LogP contribution in [0.3, 0.4) is 0 Å². The highest BCUT2D eigenvalue weighted by Gasteiger charge is 2.27. The zero-order valence-electron chi connectivity index (χ0n) is 13.1. The molecular formula is C14H23N5O3. The molecule has 0 radical (unpaired) electrons. The van der Waals surface area contributed by atoms with Crippen molar-refractivity contribution in [1.82, 2.24) is 20.2 Å². The molecule has 2 rings (SSSR count). The number of nitrogens with one attached hydrogen (secondary N) is 2. The van der Waals surface area contributed by atoms with Gasteiger partial charge in [0, 0.05) is 26.4 Å². The molecule has 0 spiro atoms. The number of hydrogen-bond acceptors (Lipinski definition) is 5. The Labute approximate surface area is 129 Å². The fraction of sp³-hybridized carbons (Fsp3) is 0.714. The van der Waals surface area contributed by atoms with Gasteiger partial charge in [0.25, 0.3) is 0 Å². The number of hydrogen-bond donors (Lipinski definition) is 2. The van der Waals surface area contributed by atoms with E-state index in [1.165, 1.54) is 6.20 Å². The molecule has 122 valence electrons. The molecule has 1 aromatic heterocycles. The third kappa shape index (κ3) is 4.27. The molecule has 1 fully saturated rings. The lowest BCUT2D eigenvalue weighted by Gasteiger charge is -2.34. The highest BCUT2D eigenvalue weighted by atomic mass is 16.6. The minimum Gasteiger partial charge on any atom is -0.358 e. The van der Waals surface area contributed by atoms with Crippen LogP contribution >= 0.6 is 0 Å². The summed E-state index contributed by atoms with van der Waals surface area (Å²) < 4.78 is 1.64. The number of amides is 1. The van der Waals surface area contributed by atoms with Crippen LogP contribution in [0, 0.1) is 22.5 Å². The molecule has 0 bridgehead atoms. The van der Waals surface area contributed by atoms with Crippen LogP contribution in [0.1, 0.15) is 32.0 Å². The summed E-state index contributed by atoms with van der Waals surface area (Å²) in [5.74, 6) is 0.334. The monoisotopic (exact) mass is 309 g/mol. The zero-order valence-corrected chi connectivity index (χ0v) is 13.1. The molecule has 8 nitrogen and oxygen atoms in total. The van der Waals surface area contributed by atoms with Gasteiger partial charge in [-0.1, -0.05) is 6.92 Å². The molecule has 1 amide bonds. The summed E-state index contributed by atoms with van der Waals surface area (Å²) in [6.07, 6.45) is 3.78. The quantitative estimate of drug-likeness (QED) is 0.603. The van der Waals surface area contributed by atoms with E-state index < -0.39 is 4.92 Å². The number of carbonyl (C=O) groups excluding carboxylic acids is 1. The predicted molar refractivity (Wildman–Crippen MR) is 81.5 cm³/mol. The van der Waals surface area contributed by atoms with E-state index in [0.29, 0.717) is 25.3 Å². The predicted octanol–water partition coefficient (Wildman–Crippen LogP) is 0.996. The Morgan fingerprint density at radius 2 is 2.23 bits per heavy atom. The van der Waals surface area contributed by atoms with Crippen molar-refractivity contribution in [3.8, 4) is 0 Å². The molecule has 2 N–H and O–H groups in total. The van der Waals surface area contributed by atoms with Crippen molar-refractivity contribution in [3.05, 3.63) is 22.1 Å². The van der Waals surface area contributed by atoms with Gasteiger partial charge in [-0.25, -0.2) is 0 Å². The van der Waals surface area contributed by atoms with Crippen molar-refractivity contribution in [2.45, 2.75) is 39.7 Å². The minimum absolute atomic E-state index is 0.0319. The summed E-state index contributed by atoms with van der Waals surface area (Å²) in [5.41, 5.74) is 0.157. The van der Waals surface area contributed by atoms with Crippen LogP contribution in [-0.4, -0.2) is 40.0 Å². The molecule has 0 aliphatic carbocycles. The van der Waals surface area contributed by atoms with E-state index in [2.05, 4.69) is 22.5 Å². The molecule has 8 heteroatoms. The largest absolute Gasteiger partial charge is 0.381 e. The molecular weight excluding hydrogens is 286 g/mol. The van der Waals surface area contributed by atoms with E-state index >= 15 is 0 Å². The number of imidazole rings is 1. The summed E-state index contributed by atoms with van der Waals surface area (Å²) in [6, 6.07) is 0. The molecule has 1 aliphatic rings. The van der Waals surface area contributed by atoms with Crippen molar-refractivity contribution in [3.63, 3.8) is 0 Å². The smallest absolute Gasteiger partial charge is 0.358 e. The van der Waals surface area contributed by atoms with E-state index in [0.717, 1.165) is 25.9 Å². The molecule has 22 heavy (non-hydrogen) atoms. The van der Waals surface area contributed by atoms with Crippen molar-refractivity contribution in [2.24, 2.45) is 5.41 Å². The summed E-state index contributed by atoms with van der Waals surface area (Å²) >= 11 is 0. The third-order valence-corrected chi connectivity index (χ3v) is 4.25. The highest BCUT2D eigenvalue weighted by molar-refractivity contribution is 5.75. The van der Waals surface area contributed by atoms with Crippen molar-refractivity contribution >= 4 is 11.7 Å². The van der Waals surface area contributed by atoms with Gasteiger partial charge < -0.3 is 25.3 Å². The molecule has 0 unspecified atom stereocenters. The normalized spacial score (nSPS) is 17.2. The number of aromatic nitrogens is 2. The summed E-state index contributed by atoms with van der Waals surface area (Å²) in [7, 11) is 0. The first-order chi connectivity index (χ1) is 10.4. The maximum atomic E-state index is 12.0. The molecule has 1 aliphatic heterocycles. The first kappa shape index (κ1) is 16.4. The van der Waals surface area contributed by atoms with Gasteiger partial charge in [-0.2, -0.15) is 0 Å². The molecule has 1 aromatic rings. The Hall–Kier alpha value is -1.96. The van der Waals surface area contributed by atoms with Crippen molar-refractivity contribution in [2.75, 3.05) is 19.6 Å². The first-order valence-electron chi connectivity index (χ1n) is 7.55. The van der Waals surface area contributed by atoms with E-state index in [9.17, 15) is 14.9 Å². The maximum Gasteiger partial charge on any atom is 0.381 e. The second-order valence-electron chi connectivity index (χ2n) is 6.18. The Balaban J connectivity index is 1.79. The lowest BCUT2D eigenvalue weighted by molar-refractivity contribution is -0.389. The summed E-state index contributed by atoms with van der Waals surface area (Å²) in [6.45, 7) is 6.94. The Morgan fingerprint density at radius 3 is 2.82 bits per heavy atom. The Kier molecular flexibility index (Phi) is 5.12. The van der Waals surface area contributed by atoms with E-state index in [-0.39, 0.29) is 17.1 Å². The van der Waals surface area contributed by atoms with Gasteiger partial charge in [-0.3, -0.25) is 4.79 Å². The van der Waals surface area contributed by atoms with E-state index in [1.54, 1.807) is 11.5 Å². The van der Waals surface area contributed by atoms with Crippen LogP contribution in [-0.2, 0) is 11.3 Å². The van der Waals surface area contributed by atoms with Gasteiger partial charge in [0.05, 0.1) is 0 Å². The van der Waals surface area contributed by atoms with Gasteiger partial charge >= 0.3 is 5.82 Å².